The molecule has 15 heavy (non-hydrogen) atoms. The van der Waals surface area contributed by atoms with Crippen LogP contribution in [-0.2, 0) is 4.74 Å². The van der Waals surface area contributed by atoms with Crippen molar-refractivity contribution in [2.45, 2.75) is 32.5 Å². The lowest BCUT2D eigenvalue weighted by molar-refractivity contribution is 0.0373. The fraction of sp³-hybridized carbons (Fsp3) is 0.429. The van der Waals surface area contributed by atoms with E-state index < -0.39 is 0 Å². The van der Waals surface area contributed by atoms with Crippen molar-refractivity contribution in [3.8, 4) is 0 Å². The monoisotopic (exact) mass is 202 g/mol. The SMILES string of the molecule is C=CC1CC(C)(C)C(c2ccccc2)O1. The van der Waals surface area contributed by atoms with E-state index in [-0.39, 0.29) is 17.6 Å². The predicted molar refractivity (Wildman–Crippen MR) is 62.7 cm³/mol. The Bertz CT molecular complexity index is 340. The van der Waals surface area contributed by atoms with Gasteiger partial charge in [-0.25, -0.2) is 0 Å². The third-order valence-electron chi connectivity index (χ3n) is 3.11. The first kappa shape index (κ1) is 10.4. The number of benzene rings is 1. The molecule has 1 aliphatic rings. The molecule has 1 aromatic rings. The zero-order valence-electron chi connectivity index (χ0n) is 9.44. The highest BCUT2D eigenvalue weighted by molar-refractivity contribution is 5.21. The molecule has 0 aromatic heterocycles. The summed E-state index contributed by atoms with van der Waals surface area (Å²) < 4.78 is 5.99. The Hall–Kier alpha value is -1.08. The van der Waals surface area contributed by atoms with Crippen LogP contribution in [0.5, 0.6) is 0 Å². The molecule has 1 fully saturated rings. The lowest BCUT2D eigenvalue weighted by Crippen LogP contribution is -2.16. The molecule has 2 unspecified atom stereocenters. The topological polar surface area (TPSA) is 9.23 Å². The number of hydrogen-bond acceptors (Lipinski definition) is 1. The van der Waals surface area contributed by atoms with E-state index in [1.165, 1.54) is 5.56 Å². The maximum Gasteiger partial charge on any atom is 0.0884 e. The van der Waals surface area contributed by atoms with Crippen LogP contribution in [0.25, 0.3) is 0 Å². The second-order valence-corrected chi connectivity index (χ2v) is 4.89. The van der Waals surface area contributed by atoms with Gasteiger partial charge < -0.3 is 4.74 Å². The van der Waals surface area contributed by atoms with Gasteiger partial charge in [-0.2, -0.15) is 0 Å². The molecule has 0 aliphatic carbocycles. The Labute approximate surface area is 91.8 Å². The molecule has 0 radical (unpaired) electrons. The molecule has 0 saturated carbocycles. The van der Waals surface area contributed by atoms with Crippen molar-refractivity contribution in [1.82, 2.24) is 0 Å². The van der Waals surface area contributed by atoms with E-state index in [9.17, 15) is 0 Å². The van der Waals surface area contributed by atoms with Gasteiger partial charge in [-0.15, -0.1) is 6.58 Å². The molecule has 1 heterocycles. The van der Waals surface area contributed by atoms with Crippen molar-refractivity contribution in [2.24, 2.45) is 5.41 Å². The van der Waals surface area contributed by atoms with Gasteiger partial charge in [0.05, 0.1) is 12.2 Å². The van der Waals surface area contributed by atoms with Crippen molar-refractivity contribution in [1.29, 1.82) is 0 Å². The quantitative estimate of drug-likeness (QED) is 0.664. The van der Waals surface area contributed by atoms with E-state index in [0.717, 1.165) is 6.42 Å². The maximum absolute atomic E-state index is 5.99. The van der Waals surface area contributed by atoms with Gasteiger partial charge >= 0.3 is 0 Å². The van der Waals surface area contributed by atoms with Gasteiger partial charge in [-0.3, -0.25) is 0 Å². The molecule has 1 nitrogen and oxygen atoms in total. The number of hydrogen-bond donors (Lipinski definition) is 0. The van der Waals surface area contributed by atoms with Crippen LogP contribution in [0, 0.1) is 5.41 Å². The molecule has 1 heteroatoms. The largest absolute Gasteiger partial charge is 0.366 e. The smallest absolute Gasteiger partial charge is 0.0884 e. The first-order chi connectivity index (χ1) is 7.13. The van der Waals surface area contributed by atoms with E-state index >= 15 is 0 Å². The highest BCUT2D eigenvalue weighted by atomic mass is 16.5. The summed E-state index contributed by atoms with van der Waals surface area (Å²) in [6.07, 6.45) is 3.35. The van der Waals surface area contributed by atoms with Gasteiger partial charge in [0.25, 0.3) is 0 Å². The number of ether oxygens (including phenoxy) is 1. The summed E-state index contributed by atoms with van der Waals surface area (Å²) in [4.78, 5) is 0. The molecular formula is C14H18O. The van der Waals surface area contributed by atoms with Gasteiger partial charge in [-0.05, 0) is 17.4 Å². The third kappa shape index (κ3) is 1.98. The highest BCUT2D eigenvalue weighted by Crippen LogP contribution is 2.47. The molecule has 0 N–H and O–H groups in total. The van der Waals surface area contributed by atoms with E-state index in [1.54, 1.807) is 0 Å². The zero-order chi connectivity index (χ0) is 10.9. The fourth-order valence-corrected chi connectivity index (χ4v) is 2.33. The van der Waals surface area contributed by atoms with Crippen LogP contribution in [0.15, 0.2) is 43.0 Å². The molecule has 1 aliphatic heterocycles. The summed E-state index contributed by atoms with van der Waals surface area (Å²) in [7, 11) is 0. The first-order valence-corrected chi connectivity index (χ1v) is 5.46. The van der Waals surface area contributed by atoms with Crippen molar-refractivity contribution in [3.05, 3.63) is 48.6 Å². The highest BCUT2D eigenvalue weighted by Gasteiger charge is 2.40. The summed E-state index contributed by atoms with van der Waals surface area (Å²) in [5.74, 6) is 0. The van der Waals surface area contributed by atoms with Crippen molar-refractivity contribution in [3.63, 3.8) is 0 Å². The molecule has 2 atom stereocenters. The van der Waals surface area contributed by atoms with Gasteiger partial charge in [0, 0.05) is 0 Å². The molecule has 1 aromatic carbocycles. The summed E-state index contributed by atoms with van der Waals surface area (Å²) in [6, 6.07) is 10.4. The Morgan fingerprint density at radius 1 is 1.33 bits per heavy atom. The van der Waals surface area contributed by atoms with Crippen molar-refractivity contribution >= 4 is 0 Å². The minimum absolute atomic E-state index is 0.195. The second-order valence-electron chi connectivity index (χ2n) is 4.89. The van der Waals surface area contributed by atoms with Crippen LogP contribution < -0.4 is 0 Å². The Morgan fingerprint density at radius 2 is 2.00 bits per heavy atom. The molecule has 1 saturated heterocycles. The summed E-state index contributed by atoms with van der Waals surface area (Å²) in [5.41, 5.74) is 1.46. The Kier molecular flexibility index (Phi) is 2.66. The van der Waals surface area contributed by atoms with Crippen LogP contribution in [0.1, 0.15) is 31.9 Å². The van der Waals surface area contributed by atoms with Crippen molar-refractivity contribution in [2.75, 3.05) is 0 Å². The van der Waals surface area contributed by atoms with E-state index in [1.807, 2.05) is 12.1 Å². The summed E-state index contributed by atoms with van der Waals surface area (Å²) in [5, 5.41) is 0. The van der Waals surface area contributed by atoms with E-state index in [2.05, 4.69) is 44.7 Å². The minimum atomic E-state index is 0.195. The molecule has 0 bridgehead atoms. The summed E-state index contributed by atoms with van der Waals surface area (Å²) in [6.45, 7) is 8.33. The van der Waals surface area contributed by atoms with Gasteiger partial charge in [0.2, 0.25) is 0 Å². The minimum Gasteiger partial charge on any atom is -0.366 e. The molecule has 2 rings (SSSR count). The molecule has 0 spiro atoms. The second kappa shape index (κ2) is 3.82. The molecule has 80 valence electrons. The fourth-order valence-electron chi connectivity index (χ4n) is 2.33. The average Bonchev–Trinajstić information content (AvgIpc) is 2.55. The van der Waals surface area contributed by atoms with Crippen LogP contribution in [0.3, 0.4) is 0 Å². The van der Waals surface area contributed by atoms with Gasteiger partial charge in [0.1, 0.15) is 0 Å². The lowest BCUT2D eigenvalue weighted by atomic mass is 9.81. The van der Waals surface area contributed by atoms with Crippen LogP contribution >= 0.6 is 0 Å². The molecule has 0 amide bonds. The van der Waals surface area contributed by atoms with Gasteiger partial charge in [-0.1, -0.05) is 50.3 Å². The molecular weight excluding hydrogens is 184 g/mol. The standard InChI is InChI=1S/C14H18O/c1-4-12-10-14(2,3)13(15-12)11-8-6-5-7-9-11/h4-9,12-13H,1,10H2,2-3H3. The van der Waals surface area contributed by atoms with Crippen LogP contribution in [0.2, 0.25) is 0 Å². The summed E-state index contributed by atoms with van der Waals surface area (Å²) >= 11 is 0. The van der Waals surface area contributed by atoms with E-state index in [0.29, 0.717) is 0 Å². The first-order valence-electron chi connectivity index (χ1n) is 5.46. The predicted octanol–water partition coefficient (Wildman–Crippen LogP) is 3.73. The zero-order valence-corrected chi connectivity index (χ0v) is 9.44. The van der Waals surface area contributed by atoms with Crippen LogP contribution in [0.4, 0.5) is 0 Å². The normalized spacial score (nSPS) is 28.9. The van der Waals surface area contributed by atoms with Gasteiger partial charge in [0.15, 0.2) is 0 Å². The van der Waals surface area contributed by atoms with Crippen molar-refractivity contribution < 1.29 is 4.74 Å². The van der Waals surface area contributed by atoms with E-state index in [4.69, 9.17) is 4.74 Å². The van der Waals surface area contributed by atoms with Crippen LogP contribution in [-0.4, -0.2) is 6.10 Å². The number of rotatable bonds is 2. The third-order valence-corrected chi connectivity index (χ3v) is 3.11. The Balaban J connectivity index is 2.26. The average molecular weight is 202 g/mol. The Morgan fingerprint density at radius 3 is 2.53 bits per heavy atom. The maximum atomic E-state index is 5.99. The lowest BCUT2D eigenvalue weighted by Gasteiger charge is -2.25.